The van der Waals surface area contributed by atoms with Crippen molar-refractivity contribution < 1.29 is 24.5 Å². The maximum absolute atomic E-state index is 9.10. The molecule has 0 atom stereocenters. The van der Waals surface area contributed by atoms with E-state index in [1.807, 2.05) is 6.07 Å². The molecule has 2 aromatic carbocycles. The molecule has 0 radical (unpaired) electrons. The fourth-order valence-corrected chi connectivity index (χ4v) is 3.09. The Morgan fingerprint density at radius 3 is 2.00 bits per heavy atom. The van der Waals surface area contributed by atoms with Gasteiger partial charge < -0.3 is 14.9 Å². The van der Waals surface area contributed by atoms with Gasteiger partial charge in [-0.25, -0.2) is 9.59 Å². The Balaban J connectivity index is 0.000000438. The first-order chi connectivity index (χ1) is 13.8. The highest BCUT2D eigenvalue weighted by molar-refractivity contribution is 6.27. The number of hydrogen-bond acceptors (Lipinski definition) is 4. The molecule has 2 N–H and O–H groups in total. The normalized spacial score (nSPS) is 13.9. The Hall–Kier alpha value is -2.86. The topological polar surface area (TPSA) is 87.1 Å². The molecule has 6 nitrogen and oxygen atoms in total. The van der Waals surface area contributed by atoms with Crippen LogP contribution in [0, 0.1) is 13.8 Å². The summed E-state index contributed by atoms with van der Waals surface area (Å²) in [4.78, 5) is 20.8. The van der Waals surface area contributed by atoms with Gasteiger partial charge in [-0.3, -0.25) is 4.90 Å². The molecule has 0 saturated carbocycles. The zero-order valence-corrected chi connectivity index (χ0v) is 17.1. The van der Waals surface area contributed by atoms with E-state index >= 15 is 0 Å². The monoisotopic (exact) mass is 399 g/mol. The number of carboxylic acid groups (broad SMARTS) is 2. The number of carbonyl (C=O) groups is 2. The number of carboxylic acids is 2. The highest BCUT2D eigenvalue weighted by Crippen LogP contribution is 2.18. The number of aliphatic carboxylic acids is 2. The molecule has 0 aliphatic carbocycles. The number of nitrogens with zero attached hydrogens (tertiary/aromatic N) is 1. The number of benzene rings is 2. The molecular formula is C23H29NO5. The van der Waals surface area contributed by atoms with Crippen LogP contribution in [0.15, 0.2) is 42.5 Å². The molecule has 1 fully saturated rings. The lowest BCUT2D eigenvalue weighted by Gasteiger charge is -2.26. The largest absolute Gasteiger partial charge is 0.489 e. The smallest absolute Gasteiger partial charge is 0.414 e. The summed E-state index contributed by atoms with van der Waals surface area (Å²) in [5, 5.41) is 14.8. The Morgan fingerprint density at radius 1 is 0.862 bits per heavy atom. The van der Waals surface area contributed by atoms with Crippen LogP contribution in [-0.4, -0.2) is 40.1 Å². The van der Waals surface area contributed by atoms with Crippen molar-refractivity contribution in [1.29, 1.82) is 0 Å². The Morgan fingerprint density at radius 2 is 1.45 bits per heavy atom. The van der Waals surface area contributed by atoms with Gasteiger partial charge in [0.25, 0.3) is 0 Å². The zero-order valence-electron chi connectivity index (χ0n) is 17.1. The van der Waals surface area contributed by atoms with Gasteiger partial charge in [0.15, 0.2) is 0 Å². The van der Waals surface area contributed by atoms with Crippen LogP contribution in [0.4, 0.5) is 0 Å². The second kappa shape index (κ2) is 11.2. The minimum Gasteiger partial charge on any atom is -0.489 e. The third-order valence-corrected chi connectivity index (χ3v) is 4.94. The molecule has 156 valence electrons. The van der Waals surface area contributed by atoms with Gasteiger partial charge in [-0.2, -0.15) is 0 Å². The molecule has 29 heavy (non-hydrogen) atoms. The molecule has 0 amide bonds. The van der Waals surface area contributed by atoms with Crippen molar-refractivity contribution in [3.05, 3.63) is 64.7 Å². The van der Waals surface area contributed by atoms with Crippen molar-refractivity contribution >= 4 is 11.9 Å². The second-order valence-corrected chi connectivity index (χ2v) is 7.30. The van der Waals surface area contributed by atoms with Gasteiger partial charge in [-0.05, 0) is 74.2 Å². The molecule has 0 bridgehead atoms. The van der Waals surface area contributed by atoms with Gasteiger partial charge in [-0.1, -0.05) is 36.8 Å². The van der Waals surface area contributed by atoms with Crippen molar-refractivity contribution in [2.75, 3.05) is 13.1 Å². The van der Waals surface area contributed by atoms with E-state index in [-0.39, 0.29) is 0 Å². The maximum atomic E-state index is 9.10. The lowest BCUT2D eigenvalue weighted by atomic mass is 10.1. The molecule has 0 unspecified atom stereocenters. The minimum absolute atomic E-state index is 0.631. The average Bonchev–Trinajstić information content (AvgIpc) is 2.71. The summed E-state index contributed by atoms with van der Waals surface area (Å²) in [5.41, 5.74) is 5.21. The SMILES string of the molecule is Cc1ccc(OCc2ccc(CN3CCCCC3)cc2)cc1C.O=C(O)C(=O)O. The highest BCUT2D eigenvalue weighted by atomic mass is 16.5. The van der Waals surface area contributed by atoms with Crippen molar-refractivity contribution in [2.24, 2.45) is 0 Å². The quantitative estimate of drug-likeness (QED) is 0.739. The van der Waals surface area contributed by atoms with Gasteiger partial charge in [0, 0.05) is 6.54 Å². The fourth-order valence-electron chi connectivity index (χ4n) is 3.09. The summed E-state index contributed by atoms with van der Waals surface area (Å²) in [6.45, 7) is 8.46. The van der Waals surface area contributed by atoms with Gasteiger partial charge in [0.1, 0.15) is 12.4 Å². The summed E-state index contributed by atoms with van der Waals surface area (Å²) >= 11 is 0. The van der Waals surface area contributed by atoms with E-state index in [4.69, 9.17) is 24.5 Å². The first-order valence-electron chi connectivity index (χ1n) is 9.81. The van der Waals surface area contributed by atoms with Crippen molar-refractivity contribution in [3.63, 3.8) is 0 Å². The number of piperidine rings is 1. The molecule has 6 heteroatoms. The summed E-state index contributed by atoms with van der Waals surface area (Å²) in [5.74, 6) is -2.70. The van der Waals surface area contributed by atoms with Crippen LogP contribution in [0.1, 0.15) is 41.5 Å². The summed E-state index contributed by atoms with van der Waals surface area (Å²) in [6.07, 6.45) is 4.09. The second-order valence-electron chi connectivity index (χ2n) is 7.30. The number of ether oxygens (including phenoxy) is 1. The molecule has 0 spiro atoms. The van der Waals surface area contributed by atoms with Crippen LogP contribution < -0.4 is 4.74 Å². The molecule has 1 heterocycles. The standard InChI is InChI=1S/C21H27NO.C2H2O4/c1-17-6-11-21(14-18(17)2)23-16-20-9-7-19(8-10-20)15-22-12-4-3-5-13-22;3-1(4)2(5)6/h6-11,14H,3-5,12-13,15-16H2,1-2H3;(H,3,4)(H,5,6). The molecule has 3 rings (SSSR count). The lowest BCUT2D eigenvalue weighted by molar-refractivity contribution is -0.159. The lowest BCUT2D eigenvalue weighted by Crippen LogP contribution is -2.29. The van der Waals surface area contributed by atoms with Gasteiger partial charge >= 0.3 is 11.9 Å². The van der Waals surface area contributed by atoms with Gasteiger partial charge in [-0.15, -0.1) is 0 Å². The fraction of sp³-hybridized carbons (Fsp3) is 0.391. The predicted octanol–water partition coefficient (Wildman–Crippen LogP) is 4.02. The summed E-state index contributed by atoms with van der Waals surface area (Å²) < 4.78 is 5.91. The van der Waals surface area contributed by atoms with E-state index in [9.17, 15) is 0 Å². The van der Waals surface area contributed by atoms with Crippen LogP contribution >= 0.6 is 0 Å². The van der Waals surface area contributed by atoms with Gasteiger partial charge in [0.2, 0.25) is 0 Å². The first kappa shape index (κ1) is 22.4. The third-order valence-electron chi connectivity index (χ3n) is 4.94. The third kappa shape index (κ3) is 7.95. The van der Waals surface area contributed by atoms with Crippen LogP contribution in [0.25, 0.3) is 0 Å². The van der Waals surface area contributed by atoms with Gasteiger partial charge in [0.05, 0.1) is 0 Å². The van der Waals surface area contributed by atoms with Crippen molar-refractivity contribution in [2.45, 2.75) is 46.3 Å². The number of hydrogen-bond donors (Lipinski definition) is 2. The Kier molecular flexibility index (Phi) is 8.68. The van der Waals surface area contributed by atoms with E-state index in [1.165, 1.54) is 54.6 Å². The van der Waals surface area contributed by atoms with Crippen molar-refractivity contribution in [3.8, 4) is 5.75 Å². The average molecular weight is 399 g/mol. The maximum Gasteiger partial charge on any atom is 0.414 e. The molecule has 1 aliphatic heterocycles. The van der Waals surface area contributed by atoms with Crippen LogP contribution in [0.5, 0.6) is 5.75 Å². The van der Waals surface area contributed by atoms with E-state index < -0.39 is 11.9 Å². The van der Waals surface area contributed by atoms with Crippen LogP contribution in [0.2, 0.25) is 0 Å². The highest BCUT2D eigenvalue weighted by Gasteiger charge is 2.10. The summed E-state index contributed by atoms with van der Waals surface area (Å²) in [6, 6.07) is 15.2. The predicted molar refractivity (Wildman–Crippen MR) is 111 cm³/mol. The van der Waals surface area contributed by atoms with E-state index in [2.05, 4.69) is 55.1 Å². The zero-order chi connectivity index (χ0) is 21.2. The number of likely N-dealkylation sites (tertiary alicyclic amines) is 1. The van der Waals surface area contributed by atoms with E-state index in [0.717, 1.165) is 12.3 Å². The Bertz CT molecular complexity index is 799. The Labute approximate surface area is 171 Å². The molecule has 1 saturated heterocycles. The van der Waals surface area contributed by atoms with Crippen LogP contribution in [0.3, 0.4) is 0 Å². The van der Waals surface area contributed by atoms with Crippen molar-refractivity contribution in [1.82, 2.24) is 4.90 Å². The molecule has 2 aromatic rings. The molecule has 0 aromatic heterocycles. The van der Waals surface area contributed by atoms with E-state index in [0.29, 0.717) is 6.61 Å². The molecular weight excluding hydrogens is 370 g/mol. The number of rotatable bonds is 5. The summed E-state index contributed by atoms with van der Waals surface area (Å²) in [7, 11) is 0. The minimum atomic E-state index is -1.82. The first-order valence-corrected chi connectivity index (χ1v) is 9.81. The van der Waals surface area contributed by atoms with Crippen LogP contribution in [-0.2, 0) is 22.7 Å². The molecule has 1 aliphatic rings. The number of aryl methyl sites for hydroxylation is 2. The van der Waals surface area contributed by atoms with E-state index in [1.54, 1.807) is 0 Å².